The standard InChI is InChI=1S/C43H46N4O/c1-26(2)22-29-24-32-31-16-12-13-17-36(31)48-38(32)33(23-27(3)4)37(29)28-18-19-34-35(25-28)47-40-39(44-20-21-45-40)46(30-14-10-9-11-15-30)41(47)43(7,8)42(34,5)6/h9-21,24-27,41H,22-23H2,1-8H3. The first-order valence-electron chi connectivity index (χ1n) is 17.5. The highest BCUT2D eigenvalue weighted by Gasteiger charge is 2.58. The number of nitrogens with zero attached hydrogens (tertiary/aromatic N) is 4. The van der Waals surface area contributed by atoms with Crippen LogP contribution in [0.25, 0.3) is 33.1 Å². The Morgan fingerprint density at radius 2 is 1.40 bits per heavy atom. The van der Waals surface area contributed by atoms with Crippen LogP contribution in [0.5, 0.6) is 0 Å². The molecule has 0 amide bonds. The summed E-state index contributed by atoms with van der Waals surface area (Å²) >= 11 is 0. The van der Waals surface area contributed by atoms with Crippen LogP contribution >= 0.6 is 0 Å². The van der Waals surface area contributed by atoms with E-state index in [1.54, 1.807) is 0 Å². The Labute approximate surface area is 284 Å². The van der Waals surface area contributed by atoms with Crippen LogP contribution in [0.15, 0.2) is 95.7 Å². The van der Waals surface area contributed by atoms with Crippen LogP contribution in [-0.2, 0) is 18.3 Å². The third-order valence-electron chi connectivity index (χ3n) is 11.2. The maximum Gasteiger partial charge on any atom is 0.178 e. The minimum atomic E-state index is -0.168. The third-order valence-corrected chi connectivity index (χ3v) is 11.2. The van der Waals surface area contributed by atoms with Crippen molar-refractivity contribution >= 4 is 44.9 Å². The van der Waals surface area contributed by atoms with Crippen LogP contribution in [-0.4, -0.2) is 16.1 Å². The van der Waals surface area contributed by atoms with E-state index in [1.807, 2.05) is 12.4 Å². The van der Waals surface area contributed by atoms with Crippen molar-refractivity contribution in [2.24, 2.45) is 17.3 Å². The summed E-state index contributed by atoms with van der Waals surface area (Å²) < 4.78 is 6.72. The SMILES string of the molecule is CC(C)Cc1cc2c(oc3ccccc32)c(CC(C)C)c1-c1ccc2c(c1)N1c3nccnc3N(c3ccccc3)C1C(C)(C)C2(C)C. The van der Waals surface area contributed by atoms with Gasteiger partial charge in [-0.3, -0.25) is 0 Å². The lowest BCUT2D eigenvalue weighted by Gasteiger charge is -2.56. The Morgan fingerprint density at radius 1 is 0.729 bits per heavy atom. The zero-order valence-corrected chi connectivity index (χ0v) is 29.5. The van der Waals surface area contributed by atoms with Crippen LogP contribution in [0.4, 0.5) is 23.0 Å². The number of hydrogen-bond acceptors (Lipinski definition) is 5. The van der Waals surface area contributed by atoms with Gasteiger partial charge in [-0.05, 0) is 77.3 Å². The van der Waals surface area contributed by atoms with Gasteiger partial charge in [-0.15, -0.1) is 0 Å². The van der Waals surface area contributed by atoms with Crippen molar-refractivity contribution in [1.82, 2.24) is 9.97 Å². The number of anilines is 4. The normalized spacial score (nSPS) is 17.8. The molecule has 2 aromatic heterocycles. The maximum atomic E-state index is 6.72. The smallest absolute Gasteiger partial charge is 0.178 e. The molecule has 1 unspecified atom stereocenters. The molecule has 8 rings (SSSR count). The second-order valence-corrected chi connectivity index (χ2v) is 15.8. The summed E-state index contributed by atoms with van der Waals surface area (Å²) in [6.45, 7) is 18.9. The molecule has 48 heavy (non-hydrogen) atoms. The number of hydrogen-bond donors (Lipinski definition) is 0. The second-order valence-electron chi connectivity index (χ2n) is 15.8. The first-order valence-corrected chi connectivity index (χ1v) is 17.5. The average Bonchev–Trinajstić information content (AvgIpc) is 3.61. The number of fused-ring (bicyclic) bond motifs is 8. The molecule has 0 fully saturated rings. The predicted molar refractivity (Wildman–Crippen MR) is 200 cm³/mol. The van der Waals surface area contributed by atoms with Gasteiger partial charge in [0, 0.05) is 50.9 Å². The Balaban J connectivity index is 1.42. The van der Waals surface area contributed by atoms with Gasteiger partial charge in [0.25, 0.3) is 0 Å². The fraction of sp³-hybridized carbons (Fsp3) is 0.349. The van der Waals surface area contributed by atoms with E-state index in [-0.39, 0.29) is 17.0 Å². The summed E-state index contributed by atoms with van der Waals surface area (Å²) in [6, 6.07) is 28.8. The van der Waals surface area contributed by atoms with Gasteiger partial charge in [0.2, 0.25) is 0 Å². The quantitative estimate of drug-likeness (QED) is 0.182. The van der Waals surface area contributed by atoms with Gasteiger partial charge in [0.15, 0.2) is 11.6 Å². The van der Waals surface area contributed by atoms with Crippen LogP contribution in [0.2, 0.25) is 0 Å². The van der Waals surface area contributed by atoms with Crippen LogP contribution < -0.4 is 9.80 Å². The number of furan rings is 1. The largest absolute Gasteiger partial charge is 0.456 e. The van der Waals surface area contributed by atoms with Gasteiger partial charge in [-0.2, -0.15) is 0 Å². The van der Waals surface area contributed by atoms with Crippen LogP contribution in [0.1, 0.15) is 72.1 Å². The second kappa shape index (κ2) is 10.9. The minimum Gasteiger partial charge on any atom is -0.456 e. The molecule has 244 valence electrons. The third kappa shape index (κ3) is 4.43. The summed E-state index contributed by atoms with van der Waals surface area (Å²) in [7, 11) is 0. The van der Waals surface area contributed by atoms with Gasteiger partial charge in [-0.1, -0.05) is 104 Å². The molecule has 6 aromatic rings. The first kappa shape index (κ1) is 30.7. The van der Waals surface area contributed by atoms with E-state index in [0.29, 0.717) is 11.8 Å². The van der Waals surface area contributed by atoms with E-state index in [1.165, 1.54) is 44.3 Å². The van der Waals surface area contributed by atoms with E-state index in [9.17, 15) is 0 Å². The monoisotopic (exact) mass is 634 g/mol. The van der Waals surface area contributed by atoms with Crippen molar-refractivity contribution < 1.29 is 4.42 Å². The van der Waals surface area contributed by atoms with E-state index in [4.69, 9.17) is 14.4 Å². The zero-order chi connectivity index (χ0) is 33.5. The average molecular weight is 635 g/mol. The fourth-order valence-electron chi connectivity index (χ4n) is 8.39. The Morgan fingerprint density at radius 3 is 2.10 bits per heavy atom. The molecule has 0 spiro atoms. The zero-order valence-electron chi connectivity index (χ0n) is 29.5. The molecule has 0 radical (unpaired) electrons. The molecule has 5 heteroatoms. The van der Waals surface area contributed by atoms with Gasteiger partial charge >= 0.3 is 0 Å². The van der Waals surface area contributed by atoms with E-state index < -0.39 is 0 Å². The van der Waals surface area contributed by atoms with Crippen LogP contribution in [0.3, 0.4) is 0 Å². The molecule has 0 N–H and O–H groups in total. The first-order chi connectivity index (χ1) is 23.0. The molecule has 4 aromatic carbocycles. The lowest BCUT2D eigenvalue weighted by molar-refractivity contribution is 0.146. The van der Waals surface area contributed by atoms with Crippen molar-refractivity contribution in [1.29, 1.82) is 0 Å². The Kier molecular flexibility index (Phi) is 7.00. The van der Waals surface area contributed by atoms with Crippen molar-refractivity contribution in [2.75, 3.05) is 9.80 Å². The lowest BCUT2D eigenvalue weighted by Crippen LogP contribution is -2.60. The van der Waals surface area contributed by atoms with E-state index >= 15 is 0 Å². The fourth-order valence-corrected chi connectivity index (χ4v) is 8.39. The minimum absolute atomic E-state index is 0.0156. The Hall–Kier alpha value is -4.64. The van der Waals surface area contributed by atoms with Gasteiger partial charge in [0.05, 0.1) is 0 Å². The van der Waals surface area contributed by atoms with Gasteiger partial charge in [-0.25, -0.2) is 9.97 Å². The summed E-state index contributed by atoms with van der Waals surface area (Å²) in [6.07, 6.45) is 5.57. The molecular formula is C43H46N4O. The molecule has 0 aliphatic carbocycles. The number of aromatic nitrogens is 2. The topological polar surface area (TPSA) is 45.4 Å². The Bertz CT molecular complexity index is 2170. The molecule has 0 bridgehead atoms. The molecule has 0 saturated heterocycles. The van der Waals surface area contributed by atoms with Crippen molar-refractivity contribution in [2.45, 2.75) is 79.8 Å². The number of benzene rings is 4. The molecule has 1 atom stereocenters. The van der Waals surface area contributed by atoms with Gasteiger partial charge in [0.1, 0.15) is 17.3 Å². The van der Waals surface area contributed by atoms with Gasteiger partial charge < -0.3 is 14.2 Å². The van der Waals surface area contributed by atoms with Crippen molar-refractivity contribution in [3.05, 3.63) is 108 Å². The van der Waals surface area contributed by atoms with E-state index in [2.05, 4.69) is 144 Å². The molecular weight excluding hydrogens is 589 g/mol. The lowest BCUT2D eigenvalue weighted by atomic mass is 9.59. The summed E-state index contributed by atoms with van der Waals surface area (Å²) in [5.74, 6) is 2.79. The van der Waals surface area contributed by atoms with E-state index in [0.717, 1.165) is 41.3 Å². The maximum absolute atomic E-state index is 6.72. The molecule has 4 heterocycles. The highest BCUT2D eigenvalue weighted by molar-refractivity contribution is 6.08. The number of para-hydroxylation sites is 2. The highest BCUT2D eigenvalue weighted by atomic mass is 16.3. The molecule has 5 nitrogen and oxygen atoms in total. The summed E-state index contributed by atoms with van der Waals surface area (Å²) in [4.78, 5) is 14.9. The number of rotatable bonds is 6. The predicted octanol–water partition coefficient (Wildman–Crippen LogP) is 11.4. The summed E-state index contributed by atoms with van der Waals surface area (Å²) in [5.41, 5.74) is 10.6. The summed E-state index contributed by atoms with van der Waals surface area (Å²) in [5, 5.41) is 2.42. The molecule has 2 aliphatic rings. The highest BCUT2D eigenvalue weighted by Crippen LogP contribution is 2.61. The van der Waals surface area contributed by atoms with Crippen molar-refractivity contribution in [3.63, 3.8) is 0 Å². The molecule has 0 saturated carbocycles. The van der Waals surface area contributed by atoms with Crippen LogP contribution in [0, 0.1) is 17.3 Å². The molecule has 2 aliphatic heterocycles. The van der Waals surface area contributed by atoms with Crippen molar-refractivity contribution in [3.8, 4) is 11.1 Å².